The van der Waals surface area contributed by atoms with Crippen LogP contribution in [0.25, 0.3) is 0 Å². The number of nitrogens with one attached hydrogen (secondary N) is 1. The zero-order valence-corrected chi connectivity index (χ0v) is 14.6. The van der Waals surface area contributed by atoms with Gasteiger partial charge in [0.15, 0.2) is 0 Å². The molecule has 3 rings (SSSR count). The molecule has 0 unspecified atom stereocenters. The zero-order valence-electron chi connectivity index (χ0n) is 13.8. The lowest BCUT2D eigenvalue weighted by atomic mass is 9.92. The first-order valence-electron chi connectivity index (χ1n) is 8.25. The van der Waals surface area contributed by atoms with Gasteiger partial charge in [0.25, 0.3) is 5.91 Å². The van der Waals surface area contributed by atoms with Gasteiger partial charge in [0.05, 0.1) is 11.2 Å². The molecule has 1 aliphatic heterocycles. The van der Waals surface area contributed by atoms with Gasteiger partial charge in [0, 0.05) is 31.7 Å². The summed E-state index contributed by atoms with van der Waals surface area (Å²) in [4.78, 5) is 19.6. The summed E-state index contributed by atoms with van der Waals surface area (Å²) in [6.45, 7) is 4.50. The number of thiazole rings is 1. The molecule has 2 aromatic rings. The van der Waals surface area contributed by atoms with E-state index in [2.05, 4.69) is 27.3 Å². The summed E-state index contributed by atoms with van der Waals surface area (Å²) in [5.41, 5.74) is 3.72. The van der Waals surface area contributed by atoms with Crippen molar-refractivity contribution in [3.05, 3.63) is 52.0 Å². The number of aromatic nitrogens is 1. The van der Waals surface area contributed by atoms with E-state index in [0.29, 0.717) is 4.88 Å². The van der Waals surface area contributed by atoms with E-state index < -0.39 is 0 Å². The summed E-state index contributed by atoms with van der Waals surface area (Å²) < 4.78 is 0. The van der Waals surface area contributed by atoms with Crippen molar-refractivity contribution in [1.29, 1.82) is 0 Å². The summed E-state index contributed by atoms with van der Waals surface area (Å²) in [7, 11) is 0. The molecule has 1 saturated heterocycles. The highest BCUT2D eigenvalue weighted by atomic mass is 32.1. The Balaban J connectivity index is 1.65. The number of nitrogens with zero attached hydrogens (tertiary/aromatic N) is 2. The normalized spacial score (nSPS) is 21.6. The SMILES string of the molecule is Cc1ncsc1C(=O)N[C@H]1CN(Cc2ccccc2)CC[C@@H]1CO. The number of aryl methyl sites for hydroxylation is 1. The largest absolute Gasteiger partial charge is 0.396 e. The van der Waals surface area contributed by atoms with E-state index in [1.54, 1.807) is 5.51 Å². The molecule has 5 nitrogen and oxygen atoms in total. The quantitative estimate of drug-likeness (QED) is 0.871. The second-order valence-corrected chi connectivity index (χ2v) is 7.15. The Kier molecular flexibility index (Phi) is 5.60. The van der Waals surface area contributed by atoms with Crippen molar-refractivity contribution in [2.45, 2.75) is 25.9 Å². The lowest BCUT2D eigenvalue weighted by molar-refractivity contribution is 0.0733. The highest BCUT2D eigenvalue weighted by Gasteiger charge is 2.30. The van der Waals surface area contributed by atoms with E-state index in [1.807, 2.05) is 25.1 Å². The van der Waals surface area contributed by atoms with Crippen molar-refractivity contribution < 1.29 is 9.90 Å². The van der Waals surface area contributed by atoms with Crippen LogP contribution in [-0.4, -0.2) is 46.6 Å². The third kappa shape index (κ3) is 4.01. The van der Waals surface area contributed by atoms with Crippen molar-refractivity contribution in [2.75, 3.05) is 19.7 Å². The maximum atomic E-state index is 12.5. The van der Waals surface area contributed by atoms with Gasteiger partial charge in [-0.3, -0.25) is 9.69 Å². The van der Waals surface area contributed by atoms with Crippen molar-refractivity contribution in [1.82, 2.24) is 15.2 Å². The fraction of sp³-hybridized carbons (Fsp3) is 0.444. The molecular formula is C18H23N3O2S. The Labute approximate surface area is 146 Å². The first-order valence-corrected chi connectivity index (χ1v) is 9.13. The third-order valence-electron chi connectivity index (χ3n) is 4.59. The van der Waals surface area contributed by atoms with Crippen LogP contribution in [0.15, 0.2) is 35.8 Å². The van der Waals surface area contributed by atoms with Crippen LogP contribution in [0.3, 0.4) is 0 Å². The highest BCUT2D eigenvalue weighted by Crippen LogP contribution is 2.21. The lowest BCUT2D eigenvalue weighted by Gasteiger charge is -2.38. The fourth-order valence-corrected chi connectivity index (χ4v) is 3.89. The number of benzene rings is 1. The van der Waals surface area contributed by atoms with E-state index in [9.17, 15) is 9.90 Å². The number of carbonyl (C=O) groups excluding carboxylic acids is 1. The maximum Gasteiger partial charge on any atom is 0.263 e. The number of hydrogen-bond acceptors (Lipinski definition) is 5. The van der Waals surface area contributed by atoms with Crippen LogP contribution >= 0.6 is 11.3 Å². The molecule has 0 spiro atoms. The molecule has 0 aliphatic carbocycles. The Bertz CT molecular complexity index is 674. The predicted molar refractivity (Wildman–Crippen MR) is 95.0 cm³/mol. The molecule has 128 valence electrons. The standard InChI is InChI=1S/C18H23N3O2S/c1-13-17(24-12-19-13)18(23)20-16-10-21(8-7-15(16)11-22)9-14-5-3-2-4-6-14/h2-6,12,15-16,22H,7-11H2,1H3,(H,20,23)/t15-,16+/m1/s1. The highest BCUT2D eigenvalue weighted by molar-refractivity contribution is 7.11. The average Bonchev–Trinajstić information content (AvgIpc) is 3.02. The fourth-order valence-electron chi connectivity index (χ4n) is 3.19. The van der Waals surface area contributed by atoms with Gasteiger partial charge in [-0.15, -0.1) is 11.3 Å². The Morgan fingerprint density at radius 2 is 2.21 bits per heavy atom. The van der Waals surface area contributed by atoms with Crippen LogP contribution in [0.1, 0.15) is 27.3 Å². The molecular weight excluding hydrogens is 322 g/mol. The molecule has 2 N–H and O–H groups in total. The van der Waals surface area contributed by atoms with Crippen LogP contribution in [-0.2, 0) is 6.54 Å². The predicted octanol–water partition coefficient (Wildman–Crippen LogP) is 2.06. The van der Waals surface area contributed by atoms with Crippen LogP contribution in [0.2, 0.25) is 0 Å². The summed E-state index contributed by atoms with van der Waals surface area (Å²) >= 11 is 1.36. The van der Waals surface area contributed by atoms with Crippen LogP contribution in [0.4, 0.5) is 0 Å². The molecule has 2 heterocycles. The number of amides is 1. The Morgan fingerprint density at radius 1 is 1.42 bits per heavy atom. The third-order valence-corrected chi connectivity index (χ3v) is 5.52. The number of piperidine rings is 1. The van der Waals surface area contributed by atoms with Crippen molar-refractivity contribution >= 4 is 17.2 Å². The summed E-state index contributed by atoms with van der Waals surface area (Å²) in [6, 6.07) is 10.3. The number of carbonyl (C=O) groups is 1. The van der Waals surface area contributed by atoms with E-state index in [0.717, 1.165) is 31.7 Å². The van der Waals surface area contributed by atoms with Crippen LogP contribution < -0.4 is 5.32 Å². The molecule has 1 aliphatic rings. The molecule has 1 aromatic carbocycles. The molecule has 0 radical (unpaired) electrons. The molecule has 24 heavy (non-hydrogen) atoms. The molecule has 1 aromatic heterocycles. The first-order chi connectivity index (χ1) is 11.7. The van der Waals surface area contributed by atoms with Crippen molar-refractivity contribution in [3.8, 4) is 0 Å². The monoisotopic (exact) mass is 345 g/mol. The Morgan fingerprint density at radius 3 is 2.88 bits per heavy atom. The number of rotatable bonds is 5. The van der Waals surface area contributed by atoms with Crippen LogP contribution in [0, 0.1) is 12.8 Å². The van der Waals surface area contributed by atoms with Gasteiger partial charge in [0.2, 0.25) is 0 Å². The average molecular weight is 345 g/mol. The summed E-state index contributed by atoms with van der Waals surface area (Å²) in [5, 5.41) is 12.8. The Hall–Kier alpha value is -1.76. The minimum Gasteiger partial charge on any atom is -0.396 e. The minimum absolute atomic E-state index is 0.0403. The topological polar surface area (TPSA) is 65.5 Å². The van der Waals surface area contributed by atoms with Gasteiger partial charge in [-0.05, 0) is 25.5 Å². The lowest BCUT2D eigenvalue weighted by Crippen LogP contribution is -2.53. The first kappa shape index (κ1) is 17.1. The number of aliphatic hydroxyl groups excluding tert-OH is 1. The van der Waals surface area contributed by atoms with E-state index in [1.165, 1.54) is 16.9 Å². The van der Waals surface area contributed by atoms with Gasteiger partial charge in [-0.2, -0.15) is 0 Å². The van der Waals surface area contributed by atoms with Gasteiger partial charge in [0.1, 0.15) is 4.88 Å². The smallest absolute Gasteiger partial charge is 0.263 e. The van der Waals surface area contributed by atoms with Crippen molar-refractivity contribution in [2.24, 2.45) is 5.92 Å². The van der Waals surface area contributed by atoms with Crippen molar-refractivity contribution in [3.63, 3.8) is 0 Å². The summed E-state index contributed by atoms with van der Waals surface area (Å²) in [6.07, 6.45) is 0.885. The molecule has 2 atom stereocenters. The zero-order chi connectivity index (χ0) is 16.9. The van der Waals surface area contributed by atoms with E-state index in [4.69, 9.17) is 0 Å². The molecule has 0 saturated carbocycles. The second kappa shape index (κ2) is 7.88. The minimum atomic E-state index is -0.0833. The van der Waals surface area contributed by atoms with E-state index in [-0.39, 0.29) is 24.5 Å². The van der Waals surface area contributed by atoms with Gasteiger partial charge < -0.3 is 10.4 Å². The van der Waals surface area contributed by atoms with Gasteiger partial charge in [-0.1, -0.05) is 30.3 Å². The molecule has 0 bridgehead atoms. The van der Waals surface area contributed by atoms with E-state index >= 15 is 0 Å². The van der Waals surface area contributed by atoms with Gasteiger partial charge >= 0.3 is 0 Å². The molecule has 1 amide bonds. The second-order valence-electron chi connectivity index (χ2n) is 6.30. The summed E-state index contributed by atoms with van der Waals surface area (Å²) in [5.74, 6) is 0.0224. The maximum absolute atomic E-state index is 12.5. The number of likely N-dealkylation sites (tertiary alicyclic amines) is 1. The molecule has 1 fully saturated rings. The number of hydrogen-bond donors (Lipinski definition) is 2. The number of aliphatic hydroxyl groups is 1. The van der Waals surface area contributed by atoms with Crippen LogP contribution in [0.5, 0.6) is 0 Å². The van der Waals surface area contributed by atoms with Gasteiger partial charge in [-0.25, -0.2) is 4.98 Å². The molecule has 6 heteroatoms.